The summed E-state index contributed by atoms with van der Waals surface area (Å²) in [4.78, 5) is 56.3. The van der Waals surface area contributed by atoms with Crippen LogP contribution in [-0.4, -0.2) is 34.1 Å². The first-order valence-electron chi connectivity index (χ1n) is 12.1. The van der Waals surface area contributed by atoms with E-state index < -0.39 is 40.2 Å². The molecule has 39 heavy (non-hydrogen) atoms. The SMILES string of the molecule is CCc1cc(C(=O)Oc2c(CC)c(-c3ccc(OC)cc3)[nH]c(=O)c2C(=O)O)c(=O)[nH]c1-c1ccc(F)cc1. The molecule has 2 heterocycles. The summed E-state index contributed by atoms with van der Waals surface area (Å²) in [6.07, 6.45) is 0.609. The summed E-state index contributed by atoms with van der Waals surface area (Å²) in [5, 5.41) is 9.78. The molecule has 10 heteroatoms. The molecule has 0 aliphatic carbocycles. The Hall–Kier alpha value is -4.99. The second-order valence-electron chi connectivity index (χ2n) is 8.56. The van der Waals surface area contributed by atoms with Gasteiger partial charge in [-0.2, -0.15) is 0 Å². The Labute approximate surface area is 221 Å². The quantitative estimate of drug-likeness (QED) is 0.282. The number of aromatic amines is 2. The molecule has 9 nitrogen and oxygen atoms in total. The van der Waals surface area contributed by atoms with E-state index >= 15 is 0 Å². The molecule has 0 saturated carbocycles. The molecule has 2 aromatic carbocycles. The van der Waals surface area contributed by atoms with Gasteiger partial charge in [-0.15, -0.1) is 0 Å². The Balaban J connectivity index is 1.83. The molecule has 2 aromatic heterocycles. The highest BCUT2D eigenvalue weighted by Crippen LogP contribution is 2.32. The van der Waals surface area contributed by atoms with Crippen LogP contribution in [0.5, 0.6) is 11.5 Å². The number of hydrogen-bond acceptors (Lipinski definition) is 6. The van der Waals surface area contributed by atoms with E-state index in [1.807, 2.05) is 6.92 Å². The summed E-state index contributed by atoms with van der Waals surface area (Å²) in [5.74, 6) is -3.02. The van der Waals surface area contributed by atoms with Crippen LogP contribution in [0.3, 0.4) is 0 Å². The third kappa shape index (κ3) is 5.35. The van der Waals surface area contributed by atoms with Crippen molar-refractivity contribution in [3.63, 3.8) is 0 Å². The first-order valence-corrected chi connectivity index (χ1v) is 12.1. The maximum absolute atomic E-state index is 13.4. The van der Waals surface area contributed by atoms with E-state index in [2.05, 4.69) is 9.97 Å². The van der Waals surface area contributed by atoms with Crippen molar-refractivity contribution in [2.45, 2.75) is 26.7 Å². The molecule has 0 aliphatic rings. The minimum Gasteiger partial charge on any atom is -0.497 e. The number of ether oxygens (including phenoxy) is 2. The predicted molar refractivity (Wildman–Crippen MR) is 142 cm³/mol. The molecule has 0 fully saturated rings. The van der Waals surface area contributed by atoms with Gasteiger partial charge in [-0.25, -0.2) is 14.0 Å². The average molecular weight is 533 g/mol. The summed E-state index contributed by atoms with van der Waals surface area (Å²) >= 11 is 0. The van der Waals surface area contributed by atoms with Gasteiger partial charge in [-0.05, 0) is 84.1 Å². The Morgan fingerprint density at radius 2 is 1.46 bits per heavy atom. The molecule has 200 valence electrons. The van der Waals surface area contributed by atoms with Gasteiger partial charge in [0.15, 0.2) is 11.3 Å². The van der Waals surface area contributed by atoms with Crippen LogP contribution < -0.4 is 20.6 Å². The number of carbonyl (C=O) groups is 2. The zero-order valence-electron chi connectivity index (χ0n) is 21.4. The maximum atomic E-state index is 13.4. The summed E-state index contributed by atoms with van der Waals surface area (Å²) in [6.45, 7) is 3.52. The molecular weight excluding hydrogens is 507 g/mol. The van der Waals surface area contributed by atoms with Gasteiger partial charge in [0.2, 0.25) is 0 Å². The van der Waals surface area contributed by atoms with Crippen LogP contribution in [0.1, 0.15) is 45.7 Å². The van der Waals surface area contributed by atoms with Crippen LogP contribution in [0.25, 0.3) is 22.5 Å². The van der Waals surface area contributed by atoms with Crippen LogP contribution in [0.4, 0.5) is 4.39 Å². The smallest absolute Gasteiger partial charge is 0.349 e. The highest BCUT2D eigenvalue weighted by Gasteiger charge is 2.27. The second kappa shape index (κ2) is 11.2. The lowest BCUT2D eigenvalue weighted by Gasteiger charge is -2.16. The number of aromatic nitrogens is 2. The van der Waals surface area contributed by atoms with Crippen molar-refractivity contribution in [1.29, 1.82) is 0 Å². The van der Waals surface area contributed by atoms with Crippen molar-refractivity contribution in [1.82, 2.24) is 9.97 Å². The highest BCUT2D eigenvalue weighted by molar-refractivity contribution is 5.96. The van der Waals surface area contributed by atoms with Crippen LogP contribution in [0.2, 0.25) is 0 Å². The van der Waals surface area contributed by atoms with Crippen molar-refractivity contribution in [3.05, 3.63) is 103 Å². The molecule has 0 amide bonds. The monoisotopic (exact) mass is 532 g/mol. The lowest BCUT2D eigenvalue weighted by molar-refractivity contribution is 0.0678. The fraction of sp³-hybridized carbons (Fsp3) is 0.172. The third-order valence-corrected chi connectivity index (χ3v) is 6.27. The number of nitrogens with one attached hydrogen (secondary N) is 2. The number of carboxylic acid groups (broad SMARTS) is 1. The molecule has 4 aromatic rings. The number of aromatic carboxylic acids is 1. The Morgan fingerprint density at radius 1 is 0.872 bits per heavy atom. The van der Waals surface area contributed by atoms with E-state index in [9.17, 15) is 28.7 Å². The van der Waals surface area contributed by atoms with Gasteiger partial charge in [-0.1, -0.05) is 13.8 Å². The van der Waals surface area contributed by atoms with Crippen LogP contribution in [-0.2, 0) is 12.8 Å². The van der Waals surface area contributed by atoms with Crippen LogP contribution in [0, 0.1) is 5.82 Å². The van der Waals surface area contributed by atoms with Crippen molar-refractivity contribution in [2.24, 2.45) is 0 Å². The number of methoxy groups -OCH3 is 1. The van der Waals surface area contributed by atoms with Crippen molar-refractivity contribution >= 4 is 11.9 Å². The first-order chi connectivity index (χ1) is 18.7. The summed E-state index contributed by atoms with van der Waals surface area (Å²) in [5.41, 5.74) is -0.276. The number of carbonyl (C=O) groups excluding carboxylic acids is 1. The molecule has 0 aliphatic heterocycles. The fourth-order valence-electron chi connectivity index (χ4n) is 4.29. The molecule has 0 radical (unpaired) electrons. The van der Waals surface area contributed by atoms with E-state index in [0.29, 0.717) is 34.6 Å². The summed E-state index contributed by atoms with van der Waals surface area (Å²) < 4.78 is 24.1. The Morgan fingerprint density at radius 3 is 2.03 bits per heavy atom. The van der Waals surface area contributed by atoms with E-state index in [-0.39, 0.29) is 23.2 Å². The van der Waals surface area contributed by atoms with Gasteiger partial charge < -0.3 is 24.5 Å². The van der Waals surface area contributed by atoms with E-state index in [4.69, 9.17) is 9.47 Å². The number of halogens is 1. The molecule has 4 rings (SSSR count). The van der Waals surface area contributed by atoms with Gasteiger partial charge in [0, 0.05) is 5.56 Å². The van der Waals surface area contributed by atoms with Gasteiger partial charge in [0.25, 0.3) is 11.1 Å². The lowest BCUT2D eigenvalue weighted by Crippen LogP contribution is -2.27. The minimum atomic E-state index is -1.59. The number of benzene rings is 2. The van der Waals surface area contributed by atoms with Crippen LogP contribution >= 0.6 is 0 Å². The first kappa shape index (κ1) is 27.1. The lowest BCUT2D eigenvalue weighted by atomic mass is 10.00. The molecule has 0 spiro atoms. The molecule has 0 unspecified atom stereocenters. The van der Waals surface area contributed by atoms with Gasteiger partial charge >= 0.3 is 11.9 Å². The van der Waals surface area contributed by atoms with Gasteiger partial charge in [0.05, 0.1) is 18.5 Å². The molecule has 0 saturated heterocycles. The minimum absolute atomic E-state index is 0.196. The Bertz CT molecular complexity index is 1670. The number of aryl methyl sites for hydroxylation is 1. The van der Waals surface area contributed by atoms with Crippen molar-refractivity contribution in [2.75, 3.05) is 7.11 Å². The van der Waals surface area contributed by atoms with E-state index in [1.165, 1.54) is 37.4 Å². The zero-order chi connectivity index (χ0) is 28.3. The highest BCUT2D eigenvalue weighted by atomic mass is 19.1. The fourth-order valence-corrected chi connectivity index (χ4v) is 4.29. The molecule has 3 N–H and O–H groups in total. The van der Waals surface area contributed by atoms with Gasteiger partial charge in [-0.3, -0.25) is 9.59 Å². The molecule has 0 bridgehead atoms. The van der Waals surface area contributed by atoms with Crippen molar-refractivity contribution < 1.29 is 28.6 Å². The number of carboxylic acids is 1. The number of esters is 1. The van der Waals surface area contributed by atoms with E-state index in [1.54, 1.807) is 31.2 Å². The number of rotatable bonds is 8. The van der Waals surface area contributed by atoms with E-state index in [0.717, 1.165) is 0 Å². The predicted octanol–water partition coefficient (Wildman–Crippen LogP) is 4.59. The standard InChI is InChI=1S/C29H25FN2O7/c1-4-15-14-21(26(33)31-23(15)16-6-10-18(30)11-7-16)29(37)39-25-20(5-2)24(32-27(34)22(25)28(35)36)17-8-12-19(38-3)13-9-17/h6-14H,4-5H2,1-3H3,(H,31,33)(H,32,34)(H,35,36). The Kier molecular flexibility index (Phi) is 7.75. The average Bonchev–Trinajstić information content (AvgIpc) is 2.92. The maximum Gasteiger partial charge on any atom is 0.349 e. The molecule has 0 atom stereocenters. The normalized spacial score (nSPS) is 10.8. The second-order valence-corrected chi connectivity index (χ2v) is 8.56. The molecular formula is C29H25FN2O7. The number of H-pyrrole nitrogens is 2. The zero-order valence-corrected chi connectivity index (χ0v) is 21.4. The van der Waals surface area contributed by atoms with Crippen LogP contribution in [0.15, 0.2) is 64.2 Å². The summed E-state index contributed by atoms with van der Waals surface area (Å²) in [6, 6.07) is 13.5. The number of hydrogen-bond donors (Lipinski definition) is 3. The third-order valence-electron chi connectivity index (χ3n) is 6.27. The van der Waals surface area contributed by atoms with Crippen molar-refractivity contribution in [3.8, 4) is 34.0 Å². The largest absolute Gasteiger partial charge is 0.497 e. The van der Waals surface area contributed by atoms with Gasteiger partial charge in [0.1, 0.15) is 17.1 Å². The topological polar surface area (TPSA) is 139 Å². The summed E-state index contributed by atoms with van der Waals surface area (Å²) in [7, 11) is 1.51. The number of pyridine rings is 2.